The summed E-state index contributed by atoms with van der Waals surface area (Å²) in [5.74, 6) is 4.93. The first-order valence-corrected chi connectivity index (χ1v) is 5.33. The Kier molecular flexibility index (Phi) is 4.86. The highest BCUT2D eigenvalue weighted by Crippen LogP contribution is 2.12. The molecule has 0 aliphatic rings. The molecule has 0 saturated heterocycles. The second kappa shape index (κ2) is 6.39. The van der Waals surface area contributed by atoms with E-state index < -0.39 is 0 Å². The van der Waals surface area contributed by atoms with Gasteiger partial charge in [-0.25, -0.2) is 0 Å². The predicted molar refractivity (Wildman–Crippen MR) is 70.5 cm³/mol. The number of likely N-dealkylation sites (N-methyl/N-ethyl adjacent to an activating group) is 1. The van der Waals surface area contributed by atoms with Gasteiger partial charge in [0.25, 0.3) is 5.91 Å². The van der Waals surface area contributed by atoms with Gasteiger partial charge in [-0.15, -0.1) is 0 Å². The van der Waals surface area contributed by atoms with Gasteiger partial charge in [0.05, 0.1) is 5.71 Å². The fourth-order valence-corrected chi connectivity index (χ4v) is 1.50. The van der Waals surface area contributed by atoms with E-state index in [2.05, 4.69) is 15.6 Å². The van der Waals surface area contributed by atoms with Crippen LogP contribution in [-0.2, 0) is 9.63 Å². The standard InChI is InChI=1S/C12H16N4O2/c1-8(15-13)9-6-4-5-7-10(9)11(16-18-3)12(17)14-2/h4-7H,13H2,1-3H3,(H,14,17)/b15-8-,16-11-. The van der Waals surface area contributed by atoms with Crippen LogP contribution < -0.4 is 11.2 Å². The van der Waals surface area contributed by atoms with E-state index >= 15 is 0 Å². The Morgan fingerprint density at radius 1 is 1.33 bits per heavy atom. The van der Waals surface area contributed by atoms with Crippen molar-refractivity contribution in [1.29, 1.82) is 0 Å². The largest absolute Gasteiger partial charge is 0.398 e. The quantitative estimate of drug-likeness (QED) is 0.461. The Morgan fingerprint density at radius 3 is 2.44 bits per heavy atom. The summed E-state index contributed by atoms with van der Waals surface area (Å²) in [6, 6.07) is 7.21. The van der Waals surface area contributed by atoms with Gasteiger partial charge < -0.3 is 16.0 Å². The molecule has 0 aliphatic heterocycles. The second-order valence-corrected chi connectivity index (χ2v) is 3.46. The molecule has 0 aliphatic carbocycles. The number of hydrogen-bond acceptors (Lipinski definition) is 5. The molecule has 0 saturated carbocycles. The molecular weight excluding hydrogens is 232 g/mol. The fourth-order valence-electron chi connectivity index (χ4n) is 1.50. The zero-order valence-corrected chi connectivity index (χ0v) is 10.6. The van der Waals surface area contributed by atoms with E-state index in [4.69, 9.17) is 10.7 Å². The van der Waals surface area contributed by atoms with Gasteiger partial charge in [0.15, 0.2) is 5.71 Å². The van der Waals surface area contributed by atoms with Gasteiger partial charge in [0, 0.05) is 18.2 Å². The topological polar surface area (TPSA) is 89.1 Å². The molecule has 1 aromatic rings. The highest BCUT2D eigenvalue weighted by molar-refractivity contribution is 6.46. The average Bonchev–Trinajstić information content (AvgIpc) is 2.43. The molecular formula is C12H16N4O2. The Hall–Kier alpha value is -2.37. The minimum absolute atomic E-state index is 0.179. The first-order chi connectivity index (χ1) is 8.65. The molecule has 6 heteroatoms. The Labute approximate surface area is 106 Å². The molecule has 0 spiro atoms. The Bertz CT molecular complexity index is 495. The van der Waals surface area contributed by atoms with Crippen LogP contribution in [0.4, 0.5) is 0 Å². The highest BCUT2D eigenvalue weighted by Gasteiger charge is 2.18. The number of nitrogens with zero attached hydrogens (tertiary/aromatic N) is 2. The Morgan fingerprint density at radius 2 is 1.94 bits per heavy atom. The van der Waals surface area contributed by atoms with Crippen LogP contribution in [0.15, 0.2) is 34.5 Å². The van der Waals surface area contributed by atoms with Crippen molar-refractivity contribution in [2.24, 2.45) is 16.1 Å². The number of oxime groups is 1. The molecule has 0 fully saturated rings. The summed E-state index contributed by atoms with van der Waals surface area (Å²) in [7, 11) is 2.91. The zero-order chi connectivity index (χ0) is 13.5. The normalized spacial score (nSPS) is 12.2. The maximum Gasteiger partial charge on any atom is 0.273 e. The summed E-state index contributed by atoms with van der Waals surface area (Å²) in [4.78, 5) is 16.5. The van der Waals surface area contributed by atoms with E-state index in [1.165, 1.54) is 14.2 Å². The molecule has 1 aromatic carbocycles. The van der Waals surface area contributed by atoms with Crippen LogP contribution in [0.5, 0.6) is 0 Å². The van der Waals surface area contributed by atoms with Gasteiger partial charge in [0.2, 0.25) is 0 Å². The van der Waals surface area contributed by atoms with Gasteiger partial charge in [-0.05, 0) is 6.92 Å². The van der Waals surface area contributed by atoms with Crippen LogP contribution in [0.3, 0.4) is 0 Å². The van der Waals surface area contributed by atoms with Crippen LogP contribution in [0.2, 0.25) is 0 Å². The summed E-state index contributed by atoms with van der Waals surface area (Å²) in [6.45, 7) is 1.76. The van der Waals surface area contributed by atoms with Crippen molar-refractivity contribution in [2.45, 2.75) is 6.92 Å². The van der Waals surface area contributed by atoms with E-state index in [9.17, 15) is 4.79 Å². The van der Waals surface area contributed by atoms with Crippen molar-refractivity contribution >= 4 is 17.3 Å². The van der Waals surface area contributed by atoms with E-state index in [1.807, 2.05) is 12.1 Å². The number of nitrogens with two attached hydrogens (primary N) is 1. The van der Waals surface area contributed by atoms with Crippen LogP contribution in [0.1, 0.15) is 18.1 Å². The lowest BCUT2D eigenvalue weighted by Gasteiger charge is -2.09. The third-order valence-electron chi connectivity index (χ3n) is 2.39. The maximum atomic E-state index is 11.8. The van der Waals surface area contributed by atoms with E-state index in [-0.39, 0.29) is 11.6 Å². The average molecular weight is 248 g/mol. The first kappa shape index (κ1) is 13.7. The van der Waals surface area contributed by atoms with E-state index in [0.29, 0.717) is 11.3 Å². The van der Waals surface area contributed by atoms with Crippen LogP contribution in [-0.4, -0.2) is 31.5 Å². The molecule has 1 amide bonds. The van der Waals surface area contributed by atoms with Gasteiger partial charge in [-0.3, -0.25) is 4.79 Å². The van der Waals surface area contributed by atoms with Crippen LogP contribution >= 0.6 is 0 Å². The van der Waals surface area contributed by atoms with Crippen molar-refractivity contribution in [1.82, 2.24) is 5.32 Å². The lowest BCUT2D eigenvalue weighted by molar-refractivity contribution is -0.114. The summed E-state index contributed by atoms with van der Waals surface area (Å²) in [5.41, 5.74) is 2.14. The zero-order valence-electron chi connectivity index (χ0n) is 10.6. The number of hydrazone groups is 1. The fraction of sp³-hybridized carbons (Fsp3) is 0.250. The van der Waals surface area contributed by atoms with Crippen molar-refractivity contribution in [3.05, 3.63) is 35.4 Å². The van der Waals surface area contributed by atoms with Gasteiger partial charge >= 0.3 is 0 Å². The summed E-state index contributed by atoms with van der Waals surface area (Å²) < 4.78 is 0. The molecule has 0 atom stereocenters. The third kappa shape index (κ3) is 2.85. The summed E-state index contributed by atoms with van der Waals surface area (Å²) in [5, 5.41) is 9.90. The number of benzene rings is 1. The van der Waals surface area contributed by atoms with Crippen molar-refractivity contribution in [2.75, 3.05) is 14.2 Å². The van der Waals surface area contributed by atoms with Crippen molar-refractivity contribution in [3.8, 4) is 0 Å². The lowest BCUT2D eigenvalue weighted by atomic mass is 9.99. The minimum Gasteiger partial charge on any atom is -0.398 e. The molecule has 0 radical (unpaired) electrons. The first-order valence-electron chi connectivity index (χ1n) is 5.33. The number of amides is 1. The molecule has 3 N–H and O–H groups in total. The summed E-state index contributed by atoms with van der Waals surface area (Å²) in [6.07, 6.45) is 0. The minimum atomic E-state index is -0.339. The number of carbonyl (C=O) groups is 1. The molecule has 0 aromatic heterocycles. The molecule has 0 bridgehead atoms. The van der Waals surface area contributed by atoms with Gasteiger partial charge in [-0.2, -0.15) is 5.10 Å². The number of rotatable bonds is 4. The molecule has 0 unspecified atom stereocenters. The molecule has 0 heterocycles. The van der Waals surface area contributed by atoms with E-state index in [0.717, 1.165) is 5.56 Å². The molecule has 6 nitrogen and oxygen atoms in total. The van der Waals surface area contributed by atoms with Crippen molar-refractivity contribution < 1.29 is 9.63 Å². The highest BCUT2D eigenvalue weighted by atomic mass is 16.6. The number of hydrogen-bond donors (Lipinski definition) is 2. The molecule has 18 heavy (non-hydrogen) atoms. The Balaban J connectivity index is 3.38. The maximum absolute atomic E-state index is 11.8. The third-order valence-corrected chi connectivity index (χ3v) is 2.39. The summed E-state index contributed by atoms with van der Waals surface area (Å²) >= 11 is 0. The monoisotopic (exact) mass is 248 g/mol. The SMILES string of the molecule is CNC(=O)/C(=N\OC)c1ccccc1/C(C)=N\N. The van der Waals surface area contributed by atoms with Gasteiger partial charge in [0.1, 0.15) is 7.11 Å². The van der Waals surface area contributed by atoms with E-state index in [1.54, 1.807) is 19.1 Å². The van der Waals surface area contributed by atoms with Crippen LogP contribution in [0, 0.1) is 0 Å². The molecule has 1 rings (SSSR count). The molecule has 96 valence electrons. The van der Waals surface area contributed by atoms with Gasteiger partial charge in [-0.1, -0.05) is 29.4 Å². The number of carbonyl (C=O) groups excluding carboxylic acids is 1. The van der Waals surface area contributed by atoms with Crippen molar-refractivity contribution in [3.63, 3.8) is 0 Å². The smallest absolute Gasteiger partial charge is 0.273 e. The lowest BCUT2D eigenvalue weighted by Crippen LogP contribution is -2.29. The second-order valence-electron chi connectivity index (χ2n) is 3.46. The predicted octanol–water partition coefficient (Wildman–Crippen LogP) is 0.466. The van der Waals surface area contributed by atoms with Crippen LogP contribution in [0.25, 0.3) is 0 Å². The number of nitrogens with one attached hydrogen (secondary N) is 1.